The first kappa shape index (κ1) is 11.8. The van der Waals surface area contributed by atoms with E-state index in [0.29, 0.717) is 13.0 Å². The van der Waals surface area contributed by atoms with E-state index in [0.717, 1.165) is 12.8 Å². The zero-order valence-electron chi connectivity index (χ0n) is 8.35. The summed E-state index contributed by atoms with van der Waals surface area (Å²) in [6.07, 6.45) is -1.66. The van der Waals surface area contributed by atoms with Crippen LogP contribution in [0.3, 0.4) is 0 Å². The summed E-state index contributed by atoms with van der Waals surface area (Å²) in [6, 6.07) is -0.00532. The van der Waals surface area contributed by atoms with Crippen molar-refractivity contribution in [2.75, 3.05) is 13.1 Å². The molecule has 14 heavy (non-hydrogen) atoms. The number of rotatable bonds is 5. The number of hydrogen-bond donors (Lipinski definition) is 1. The summed E-state index contributed by atoms with van der Waals surface area (Å²) in [5.41, 5.74) is 5.46. The average molecular weight is 210 g/mol. The maximum absolute atomic E-state index is 12.2. The van der Waals surface area contributed by atoms with Crippen molar-refractivity contribution in [2.24, 2.45) is 5.73 Å². The SMILES string of the molecule is CCC(CN)N(CC(F)(F)F)C1CC1. The van der Waals surface area contributed by atoms with Gasteiger partial charge in [-0.05, 0) is 19.3 Å². The second kappa shape index (κ2) is 4.49. The molecule has 1 fully saturated rings. The number of alkyl halides is 3. The highest BCUT2D eigenvalue weighted by Crippen LogP contribution is 2.32. The predicted octanol–water partition coefficient (Wildman–Crippen LogP) is 1.75. The van der Waals surface area contributed by atoms with Gasteiger partial charge in [-0.3, -0.25) is 4.90 Å². The summed E-state index contributed by atoms with van der Waals surface area (Å²) in [7, 11) is 0. The molecule has 2 nitrogen and oxygen atoms in total. The molecule has 1 saturated carbocycles. The Balaban J connectivity index is 2.54. The summed E-state index contributed by atoms with van der Waals surface area (Å²) in [6.45, 7) is 1.37. The van der Waals surface area contributed by atoms with Crippen LogP contribution >= 0.6 is 0 Å². The maximum Gasteiger partial charge on any atom is 0.401 e. The largest absolute Gasteiger partial charge is 0.401 e. The van der Waals surface area contributed by atoms with Gasteiger partial charge < -0.3 is 5.73 Å². The van der Waals surface area contributed by atoms with Crippen LogP contribution in [-0.2, 0) is 0 Å². The molecule has 0 heterocycles. The molecule has 2 N–H and O–H groups in total. The van der Waals surface area contributed by atoms with E-state index < -0.39 is 12.7 Å². The molecule has 0 spiro atoms. The van der Waals surface area contributed by atoms with Crippen molar-refractivity contribution in [1.29, 1.82) is 0 Å². The third kappa shape index (κ3) is 3.46. The van der Waals surface area contributed by atoms with E-state index in [1.54, 1.807) is 0 Å². The van der Waals surface area contributed by atoms with Crippen LogP contribution in [0, 0.1) is 0 Å². The van der Waals surface area contributed by atoms with Gasteiger partial charge in [-0.15, -0.1) is 0 Å². The molecular formula is C9H17F3N2. The van der Waals surface area contributed by atoms with Crippen molar-refractivity contribution in [1.82, 2.24) is 4.90 Å². The number of nitrogens with zero attached hydrogens (tertiary/aromatic N) is 1. The summed E-state index contributed by atoms with van der Waals surface area (Å²) in [5.74, 6) is 0. The van der Waals surface area contributed by atoms with Gasteiger partial charge in [0.1, 0.15) is 0 Å². The average Bonchev–Trinajstić information content (AvgIpc) is 2.84. The number of halogens is 3. The van der Waals surface area contributed by atoms with Crippen LogP contribution in [-0.4, -0.2) is 36.2 Å². The molecule has 0 aromatic carbocycles. The van der Waals surface area contributed by atoms with Crippen molar-refractivity contribution in [3.8, 4) is 0 Å². The molecule has 1 aliphatic carbocycles. The quantitative estimate of drug-likeness (QED) is 0.749. The lowest BCUT2D eigenvalue weighted by Gasteiger charge is -2.30. The molecule has 0 aromatic rings. The fourth-order valence-electron chi connectivity index (χ4n) is 1.71. The van der Waals surface area contributed by atoms with Gasteiger partial charge in [-0.25, -0.2) is 0 Å². The van der Waals surface area contributed by atoms with Gasteiger partial charge in [0.2, 0.25) is 0 Å². The van der Waals surface area contributed by atoms with Crippen LogP contribution in [0.2, 0.25) is 0 Å². The Hall–Kier alpha value is -0.290. The lowest BCUT2D eigenvalue weighted by Crippen LogP contribution is -2.46. The van der Waals surface area contributed by atoms with Gasteiger partial charge in [-0.2, -0.15) is 13.2 Å². The second-order valence-corrected chi connectivity index (χ2v) is 3.82. The summed E-state index contributed by atoms with van der Waals surface area (Å²) >= 11 is 0. The summed E-state index contributed by atoms with van der Waals surface area (Å²) in [5, 5.41) is 0. The molecular weight excluding hydrogens is 193 g/mol. The zero-order chi connectivity index (χ0) is 10.8. The highest BCUT2D eigenvalue weighted by Gasteiger charge is 2.40. The molecule has 5 heteroatoms. The minimum absolute atomic E-state index is 0.116. The minimum Gasteiger partial charge on any atom is -0.329 e. The molecule has 0 radical (unpaired) electrons. The number of nitrogens with two attached hydrogens (primary N) is 1. The highest BCUT2D eigenvalue weighted by molar-refractivity contribution is 4.89. The van der Waals surface area contributed by atoms with Crippen LogP contribution in [0.4, 0.5) is 13.2 Å². The smallest absolute Gasteiger partial charge is 0.329 e. The molecule has 0 saturated heterocycles. The van der Waals surface area contributed by atoms with E-state index in [4.69, 9.17) is 5.73 Å². The Morgan fingerprint density at radius 1 is 1.43 bits per heavy atom. The van der Waals surface area contributed by atoms with Crippen LogP contribution in [0.25, 0.3) is 0 Å². The van der Waals surface area contributed by atoms with Gasteiger partial charge in [0.15, 0.2) is 0 Å². The molecule has 0 amide bonds. The molecule has 84 valence electrons. The normalized spacial score (nSPS) is 20.1. The van der Waals surface area contributed by atoms with Crippen molar-refractivity contribution < 1.29 is 13.2 Å². The van der Waals surface area contributed by atoms with E-state index in [1.807, 2.05) is 6.92 Å². The van der Waals surface area contributed by atoms with Crippen molar-refractivity contribution >= 4 is 0 Å². The third-order valence-electron chi connectivity index (χ3n) is 2.59. The van der Waals surface area contributed by atoms with Crippen molar-refractivity contribution in [2.45, 2.75) is 44.4 Å². The van der Waals surface area contributed by atoms with E-state index in [2.05, 4.69) is 0 Å². The van der Waals surface area contributed by atoms with Crippen LogP contribution in [0.15, 0.2) is 0 Å². The Kier molecular flexibility index (Phi) is 3.78. The first-order valence-electron chi connectivity index (χ1n) is 5.00. The Labute approximate surface area is 82.2 Å². The first-order valence-corrected chi connectivity index (χ1v) is 5.00. The zero-order valence-corrected chi connectivity index (χ0v) is 8.35. The van der Waals surface area contributed by atoms with Crippen LogP contribution in [0.5, 0.6) is 0 Å². The second-order valence-electron chi connectivity index (χ2n) is 3.82. The van der Waals surface area contributed by atoms with Gasteiger partial charge in [0, 0.05) is 18.6 Å². The molecule has 0 bridgehead atoms. The van der Waals surface area contributed by atoms with E-state index in [-0.39, 0.29) is 12.1 Å². The van der Waals surface area contributed by atoms with Crippen molar-refractivity contribution in [3.05, 3.63) is 0 Å². The van der Waals surface area contributed by atoms with Gasteiger partial charge in [0.05, 0.1) is 6.54 Å². The first-order chi connectivity index (χ1) is 6.48. The molecule has 0 aliphatic heterocycles. The molecule has 1 aliphatic rings. The van der Waals surface area contributed by atoms with Gasteiger partial charge in [0.25, 0.3) is 0 Å². The topological polar surface area (TPSA) is 29.3 Å². The summed E-state index contributed by atoms with van der Waals surface area (Å²) in [4.78, 5) is 1.51. The third-order valence-corrected chi connectivity index (χ3v) is 2.59. The van der Waals surface area contributed by atoms with E-state index in [1.165, 1.54) is 4.90 Å². The molecule has 1 unspecified atom stereocenters. The lowest BCUT2D eigenvalue weighted by molar-refractivity contribution is -0.152. The van der Waals surface area contributed by atoms with Gasteiger partial charge in [-0.1, -0.05) is 6.92 Å². The predicted molar refractivity (Wildman–Crippen MR) is 48.9 cm³/mol. The number of hydrogen-bond acceptors (Lipinski definition) is 2. The van der Waals surface area contributed by atoms with Crippen molar-refractivity contribution in [3.63, 3.8) is 0 Å². The molecule has 1 rings (SSSR count). The van der Waals surface area contributed by atoms with Crippen LogP contribution in [0.1, 0.15) is 26.2 Å². The molecule has 0 aromatic heterocycles. The summed E-state index contributed by atoms with van der Waals surface area (Å²) < 4.78 is 36.7. The van der Waals surface area contributed by atoms with E-state index >= 15 is 0 Å². The fourth-order valence-corrected chi connectivity index (χ4v) is 1.71. The fraction of sp³-hybridized carbons (Fsp3) is 1.00. The Morgan fingerprint density at radius 2 is 2.00 bits per heavy atom. The highest BCUT2D eigenvalue weighted by atomic mass is 19.4. The lowest BCUT2D eigenvalue weighted by atomic mass is 10.2. The standard InChI is InChI=1S/C9H17F3N2/c1-2-7(5-13)14(8-3-4-8)6-9(10,11)12/h7-8H,2-6,13H2,1H3. The minimum atomic E-state index is -4.11. The van der Waals surface area contributed by atoms with E-state index in [9.17, 15) is 13.2 Å². The Bertz CT molecular complexity index is 173. The van der Waals surface area contributed by atoms with Crippen LogP contribution < -0.4 is 5.73 Å². The Morgan fingerprint density at radius 3 is 2.29 bits per heavy atom. The maximum atomic E-state index is 12.2. The van der Waals surface area contributed by atoms with Gasteiger partial charge >= 0.3 is 6.18 Å². The molecule has 1 atom stereocenters. The monoisotopic (exact) mass is 210 g/mol.